The van der Waals surface area contributed by atoms with Crippen LogP contribution in [0.5, 0.6) is 0 Å². The molecule has 2 rings (SSSR count). The maximum absolute atomic E-state index is 6.22. The maximum Gasteiger partial charge on any atom is 0.0468 e. The van der Waals surface area contributed by atoms with Crippen molar-refractivity contribution in [2.45, 2.75) is 31.7 Å². The Morgan fingerprint density at radius 3 is 2.62 bits per heavy atom. The summed E-state index contributed by atoms with van der Waals surface area (Å²) in [5, 5.41) is 4.82. The fraction of sp³-hybridized carbons (Fsp3) is 0.538. The van der Waals surface area contributed by atoms with Crippen LogP contribution in [0.4, 0.5) is 0 Å². The van der Waals surface area contributed by atoms with Crippen molar-refractivity contribution in [1.29, 1.82) is 0 Å². The van der Waals surface area contributed by atoms with E-state index in [9.17, 15) is 0 Å². The summed E-state index contributed by atoms with van der Waals surface area (Å²) in [4.78, 5) is 0. The number of rotatable bonds is 4. The molecule has 1 fully saturated rings. The smallest absolute Gasteiger partial charge is 0.0468 e. The van der Waals surface area contributed by atoms with Crippen LogP contribution in [0.15, 0.2) is 18.2 Å². The number of hydrogen-bond donors (Lipinski definition) is 1. The monoisotopic (exact) mass is 257 g/mol. The van der Waals surface area contributed by atoms with Crippen LogP contribution in [0.3, 0.4) is 0 Å². The molecule has 0 bridgehead atoms. The van der Waals surface area contributed by atoms with E-state index >= 15 is 0 Å². The molecule has 0 aliphatic heterocycles. The fourth-order valence-electron chi connectivity index (χ4n) is 2.25. The Kier molecular flexibility index (Phi) is 4.12. The van der Waals surface area contributed by atoms with Crippen molar-refractivity contribution in [2.75, 3.05) is 7.05 Å². The largest absolute Gasteiger partial charge is 0.313 e. The van der Waals surface area contributed by atoms with Gasteiger partial charge in [0.15, 0.2) is 0 Å². The van der Waals surface area contributed by atoms with Gasteiger partial charge in [-0.3, -0.25) is 0 Å². The van der Waals surface area contributed by atoms with Crippen LogP contribution in [0.25, 0.3) is 0 Å². The molecule has 0 amide bonds. The Morgan fingerprint density at radius 1 is 1.38 bits per heavy atom. The summed E-state index contributed by atoms with van der Waals surface area (Å²) in [5.74, 6) is 0.865. The highest BCUT2D eigenvalue weighted by atomic mass is 35.5. The lowest BCUT2D eigenvalue weighted by atomic mass is 9.79. The number of hydrogen-bond acceptors (Lipinski definition) is 1. The van der Waals surface area contributed by atoms with Crippen molar-refractivity contribution < 1.29 is 0 Å². The third kappa shape index (κ3) is 2.71. The van der Waals surface area contributed by atoms with Gasteiger partial charge in [-0.1, -0.05) is 48.5 Å². The fourth-order valence-corrected chi connectivity index (χ4v) is 2.79. The molecule has 0 saturated heterocycles. The normalized spacial score (nSPS) is 18.2. The summed E-state index contributed by atoms with van der Waals surface area (Å²) in [6.07, 6.45) is 5.29. The average Bonchev–Trinajstić information content (AvgIpc) is 2.18. The van der Waals surface area contributed by atoms with Crippen LogP contribution in [0, 0.1) is 5.92 Å². The molecule has 1 unspecified atom stereocenters. The van der Waals surface area contributed by atoms with Crippen LogP contribution in [-0.4, -0.2) is 7.05 Å². The van der Waals surface area contributed by atoms with Crippen LogP contribution < -0.4 is 5.32 Å². The topological polar surface area (TPSA) is 12.0 Å². The predicted octanol–water partition coefficient (Wildman–Crippen LogP) is 4.44. The highest BCUT2D eigenvalue weighted by Gasteiger charge is 2.23. The Bertz CT molecular complexity index is 361. The summed E-state index contributed by atoms with van der Waals surface area (Å²) in [6, 6.07) is 6.12. The lowest BCUT2D eigenvalue weighted by Crippen LogP contribution is -2.23. The van der Waals surface area contributed by atoms with Crippen molar-refractivity contribution in [3.63, 3.8) is 0 Å². The van der Waals surface area contributed by atoms with Crippen LogP contribution in [-0.2, 0) is 0 Å². The van der Waals surface area contributed by atoms with E-state index in [0.717, 1.165) is 10.9 Å². The molecule has 1 N–H and O–H groups in total. The molecule has 1 aliphatic carbocycles. The maximum atomic E-state index is 6.22. The van der Waals surface area contributed by atoms with E-state index in [1.54, 1.807) is 0 Å². The second-order valence-corrected chi connectivity index (χ2v) is 5.38. The number of halogens is 2. The molecule has 0 aromatic heterocycles. The van der Waals surface area contributed by atoms with Gasteiger partial charge in [0.2, 0.25) is 0 Å². The van der Waals surface area contributed by atoms with E-state index in [2.05, 4.69) is 5.32 Å². The van der Waals surface area contributed by atoms with Crippen molar-refractivity contribution in [1.82, 2.24) is 5.32 Å². The van der Waals surface area contributed by atoms with E-state index in [1.807, 2.05) is 25.2 Å². The second kappa shape index (κ2) is 5.39. The van der Waals surface area contributed by atoms with Gasteiger partial charge in [0, 0.05) is 16.1 Å². The van der Waals surface area contributed by atoms with Crippen LogP contribution in [0.2, 0.25) is 10.0 Å². The first-order valence-electron chi connectivity index (χ1n) is 5.83. The lowest BCUT2D eigenvalue weighted by molar-refractivity contribution is 0.266. The van der Waals surface area contributed by atoms with Gasteiger partial charge in [0.1, 0.15) is 0 Å². The van der Waals surface area contributed by atoms with E-state index in [-0.39, 0.29) is 0 Å². The summed E-state index contributed by atoms with van der Waals surface area (Å²) >= 11 is 12.1. The molecule has 88 valence electrons. The van der Waals surface area contributed by atoms with Gasteiger partial charge in [-0.15, -0.1) is 0 Å². The molecule has 0 radical (unpaired) electrons. The molecule has 16 heavy (non-hydrogen) atoms. The quantitative estimate of drug-likeness (QED) is 0.841. The summed E-state index contributed by atoms with van der Waals surface area (Å²) in [6.45, 7) is 0. The van der Waals surface area contributed by atoms with E-state index in [0.29, 0.717) is 11.1 Å². The summed E-state index contributed by atoms with van der Waals surface area (Å²) in [7, 11) is 1.99. The molecular formula is C13H17Cl2N. The number of benzene rings is 1. The molecule has 3 heteroatoms. The second-order valence-electron chi connectivity index (χ2n) is 4.54. The minimum Gasteiger partial charge on any atom is -0.313 e. The molecule has 0 spiro atoms. The van der Waals surface area contributed by atoms with Gasteiger partial charge < -0.3 is 5.32 Å². The van der Waals surface area contributed by atoms with Gasteiger partial charge in [-0.05, 0) is 37.1 Å². The van der Waals surface area contributed by atoms with Gasteiger partial charge in [0.05, 0.1) is 0 Å². The first kappa shape index (κ1) is 12.2. The molecule has 1 aromatic carbocycles. The molecule has 1 aromatic rings. The highest BCUT2D eigenvalue weighted by Crippen LogP contribution is 2.36. The minimum atomic E-state index is 0.357. The molecule has 1 aliphatic rings. The molecule has 1 atom stereocenters. The third-order valence-corrected chi connectivity index (χ3v) is 4.04. The molecule has 1 nitrogen and oxygen atoms in total. The summed E-state index contributed by atoms with van der Waals surface area (Å²) < 4.78 is 0. The zero-order valence-corrected chi connectivity index (χ0v) is 11.0. The van der Waals surface area contributed by atoms with E-state index in [1.165, 1.54) is 31.2 Å². The molecule has 0 heterocycles. The van der Waals surface area contributed by atoms with Gasteiger partial charge in [-0.25, -0.2) is 0 Å². The van der Waals surface area contributed by atoms with Crippen molar-refractivity contribution in [2.24, 2.45) is 5.92 Å². The number of nitrogens with one attached hydrogen (secondary N) is 1. The Labute approximate surface area is 107 Å². The minimum absolute atomic E-state index is 0.357. The van der Waals surface area contributed by atoms with Gasteiger partial charge in [0.25, 0.3) is 0 Å². The predicted molar refractivity (Wildman–Crippen MR) is 70.2 cm³/mol. The van der Waals surface area contributed by atoms with E-state index in [4.69, 9.17) is 23.2 Å². The van der Waals surface area contributed by atoms with Gasteiger partial charge in [-0.2, -0.15) is 0 Å². The van der Waals surface area contributed by atoms with Crippen LogP contribution in [0.1, 0.15) is 37.3 Å². The van der Waals surface area contributed by atoms with Crippen molar-refractivity contribution in [3.05, 3.63) is 33.8 Å². The first-order chi connectivity index (χ1) is 7.70. The van der Waals surface area contributed by atoms with E-state index < -0.39 is 0 Å². The van der Waals surface area contributed by atoms with Crippen molar-refractivity contribution >= 4 is 23.2 Å². The zero-order valence-electron chi connectivity index (χ0n) is 9.47. The summed E-state index contributed by atoms with van der Waals surface area (Å²) in [5.41, 5.74) is 1.17. The Balaban J connectivity index is 2.11. The van der Waals surface area contributed by atoms with Crippen LogP contribution >= 0.6 is 23.2 Å². The first-order valence-corrected chi connectivity index (χ1v) is 6.58. The lowest BCUT2D eigenvalue weighted by Gasteiger charge is -2.30. The standard InChI is InChI=1S/C13H17Cl2N/c1-16-13(7-9-3-2-4-9)11-6-5-10(14)8-12(11)15/h5-6,8-9,13,16H,2-4,7H2,1H3. The Morgan fingerprint density at radius 2 is 2.12 bits per heavy atom. The average molecular weight is 258 g/mol. The molecular weight excluding hydrogens is 241 g/mol. The third-order valence-electron chi connectivity index (χ3n) is 3.48. The van der Waals surface area contributed by atoms with Crippen molar-refractivity contribution in [3.8, 4) is 0 Å². The Hall–Kier alpha value is -0.240. The highest BCUT2D eigenvalue weighted by molar-refractivity contribution is 6.35. The SMILES string of the molecule is CNC(CC1CCC1)c1ccc(Cl)cc1Cl. The zero-order chi connectivity index (χ0) is 11.5. The van der Waals surface area contributed by atoms with Gasteiger partial charge >= 0.3 is 0 Å². The molecule has 1 saturated carbocycles.